The van der Waals surface area contributed by atoms with Gasteiger partial charge in [-0.1, -0.05) is 0 Å². The third-order valence-corrected chi connectivity index (χ3v) is 1.52. The van der Waals surface area contributed by atoms with Crippen molar-refractivity contribution in [3.8, 4) is 6.01 Å². The first kappa shape index (κ1) is 8.44. The van der Waals surface area contributed by atoms with Crippen LogP contribution in [0.25, 0.3) is 11.2 Å². The summed E-state index contributed by atoms with van der Waals surface area (Å²) in [4.78, 5) is 7.45. The average molecular weight is 199 g/mol. The molecule has 0 amide bonds. The van der Waals surface area contributed by atoms with Crippen LogP contribution >= 0.6 is 0 Å². The van der Waals surface area contributed by atoms with Crippen LogP contribution in [0.15, 0.2) is 4.63 Å². The van der Waals surface area contributed by atoms with Gasteiger partial charge < -0.3 is 9.94 Å². The molecular formula is C5H5N5O4. The van der Waals surface area contributed by atoms with Gasteiger partial charge in [0.2, 0.25) is 5.82 Å². The number of methoxy groups -OCH3 is 1. The molecule has 0 atom stereocenters. The molecule has 9 heteroatoms. The first-order valence-electron chi connectivity index (χ1n) is 3.48. The van der Waals surface area contributed by atoms with E-state index >= 15 is 0 Å². The first-order valence-corrected chi connectivity index (χ1v) is 3.48. The summed E-state index contributed by atoms with van der Waals surface area (Å²) in [5.41, 5.74) is 1.61. The minimum absolute atomic E-state index is 0.0107. The number of nitrogens with one attached hydrogen (secondary N) is 1. The highest BCUT2D eigenvalue weighted by Gasteiger charge is 2.19. The van der Waals surface area contributed by atoms with Crippen LogP contribution in [0, 0.1) is 5.21 Å². The van der Waals surface area contributed by atoms with Crippen molar-refractivity contribution >= 4 is 17.0 Å². The van der Waals surface area contributed by atoms with Gasteiger partial charge in [-0.15, -0.1) is 4.98 Å². The van der Waals surface area contributed by atoms with Crippen molar-refractivity contribution in [1.29, 1.82) is 0 Å². The lowest BCUT2D eigenvalue weighted by Gasteiger charge is -1.99. The fourth-order valence-electron chi connectivity index (χ4n) is 0.941. The molecule has 0 spiro atoms. The molecule has 0 saturated heterocycles. The van der Waals surface area contributed by atoms with E-state index in [1.165, 1.54) is 7.11 Å². The number of hydrogen-bond acceptors (Lipinski definition) is 8. The number of hydrogen-bond donors (Lipinski definition) is 2. The van der Waals surface area contributed by atoms with Gasteiger partial charge in [0, 0.05) is 0 Å². The van der Waals surface area contributed by atoms with E-state index in [-0.39, 0.29) is 27.9 Å². The van der Waals surface area contributed by atoms with E-state index in [9.17, 15) is 5.21 Å². The van der Waals surface area contributed by atoms with Crippen molar-refractivity contribution in [3.63, 3.8) is 0 Å². The molecule has 2 aromatic rings. The van der Waals surface area contributed by atoms with Crippen molar-refractivity contribution in [2.24, 2.45) is 0 Å². The van der Waals surface area contributed by atoms with Gasteiger partial charge in [0.05, 0.1) is 12.3 Å². The SMILES string of the molecule is COc1nc(NO)c2c(no[n+]2[O-])n1. The summed E-state index contributed by atoms with van der Waals surface area (Å²) in [6.07, 6.45) is 0. The summed E-state index contributed by atoms with van der Waals surface area (Å²) >= 11 is 0. The zero-order chi connectivity index (χ0) is 10.1. The van der Waals surface area contributed by atoms with E-state index in [1.54, 1.807) is 5.48 Å². The Labute approximate surface area is 76.4 Å². The lowest BCUT2D eigenvalue weighted by atomic mass is 10.5. The molecular weight excluding hydrogens is 194 g/mol. The monoisotopic (exact) mass is 199 g/mol. The normalized spacial score (nSPS) is 10.4. The minimum Gasteiger partial charge on any atom is -0.467 e. The Kier molecular flexibility index (Phi) is 1.78. The lowest BCUT2D eigenvalue weighted by Crippen LogP contribution is -2.24. The molecule has 0 aliphatic heterocycles. The van der Waals surface area contributed by atoms with Gasteiger partial charge in [0.25, 0.3) is 5.52 Å². The van der Waals surface area contributed by atoms with E-state index in [4.69, 9.17) is 9.94 Å². The van der Waals surface area contributed by atoms with Gasteiger partial charge in [0.1, 0.15) is 0 Å². The van der Waals surface area contributed by atoms with Gasteiger partial charge >= 0.3 is 11.7 Å². The number of aromatic nitrogens is 4. The maximum Gasteiger partial charge on any atom is 0.349 e. The van der Waals surface area contributed by atoms with Crippen LogP contribution in [-0.2, 0) is 0 Å². The Balaban J connectivity index is 2.76. The molecule has 2 aromatic heterocycles. The second-order valence-corrected chi connectivity index (χ2v) is 2.27. The fraction of sp³-hybridized carbons (Fsp3) is 0.200. The second kappa shape index (κ2) is 2.96. The Morgan fingerprint density at radius 3 is 3.00 bits per heavy atom. The lowest BCUT2D eigenvalue weighted by molar-refractivity contribution is -0.782. The van der Waals surface area contributed by atoms with E-state index in [1.807, 2.05) is 0 Å². The maximum atomic E-state index is 11.0. The molecule has 0 fully saturated rings. The van der Waals surface area contributed by atoms with Gasteiger partial charge in [-0.3, -0.25) is 9.84 Å². The molecule has 2 N–H and O–H groups in total. The highest BCUT2D eigenvalue weighted by atomic mass is 16.8. The second-order valence-electron chi connectivity index (χ2n) is 2.27. The third-order valence-electron chi connectivity index (χ3n) is 1.52. The van der Waals surface area contributed by atoms with Gasteiger partial charge in [-0.05, 0) is 4.90 Å². The zero-order valence-corrected chi connectivity index (χ0v) is 6.96. The van der Waals surface area contributed by atoms with Gasteiger partial charge in [0.15, 0.2) is 0 Å². The van der Waals surface area contributed by atoms with Gasteiger partial charge in [-0.25, -0.2) is 5.48 Å². The Hall–Kier alpha value is -2.16. The summed E-state index contributed by atoms with van der Waals surface area (Å²) in [7, 11) is 1.34. The standard InChI is InChI=1S/C5H5N5O4/c1-13-5-6-3(8-11)2-4(7-5)9-14-10(2)12/h11H,1H3,(H,6,7,8,9). The summed E-state index contributed by atoms with van der Waals surface area (Å²) in [6.45, 7) is 0. The maximum absolute atomic E-state index is 11.0. The van der Waals surface area contributed by atoms with E-state index in [0.717, 1.165) is 0 Å². The predicted molar refractivity (Wildman–Crippen MR) is 40.5 cm³/mol. The van der Waals surface area contributed by atoms with Gasteiger partial charge in [-0.2, -0.15) is 4.98 Å². The highest BCUT2D eigenvalue weighted by Crippen LogP contribution is 2.17. The molecule has 0 saturated carbocycles. The topological polar surface area (TPSA) is 120 Å². The molecule has 0 radical (unpaired) electrons. The van der Waals surface area contributed by atoms with Crippen LogP contribution in [0.3, 0.4) is 0 Å². The summed E-state index contributed by atoms with van der Waals surface area (Å²) in [6, 6.07) is -0.0389. The van der Waals surface area contributed by atoms with Crippen molar-refractivity contribution in [2.45, 2.75) is 0 Å². The largest absolute Gasteiger partial charge is 0.467 e. The molecule has 2 rings (SSSR count). The zero-order valence-electron chi connectivity index (χ0n) is 6.96. The Morgan fingerprint density at radius 1 is 1.57 bits per heavy atom. The van der Waals surface area contributed by atoms with Crippen LogP contribution in [0.2, 0.25) is 0 Å². The summed E-state index contributed by atoms with van der Waals surface area (Å²) in [5.74, 6) is -0.136. The number of rotatable bonds is 2. The number of nitrogens with zero attached hydrogens (tertiary/aromatic N) is 4. The van der Waals surface area contributed by atoms with Crippen LogP contribution in [0.1, 0.15) is 0 Å². The number of fused-ring (bicyclic) bond motifs is 1. The fourth-order valence-corrected chi connectivity index (χ4v) is 0.941. The third kappa shape index (κ3) is 1.07. The van der Waals surface area contributed by atoms with Crippen molar-refractivity contribution in [2.75, 3.05) is 12.6 Å². The van der Waals surface area contributed by atoms with E-state index in [2.05, 4.69) is 19.8 Å². The summed E-state index contributed by atoms with van der Waals surface area (Å²) in [5, 5.41) is 23.0. The van der Waals surface area contributed by atoms with Crippen molar-refractivity contribution < 1.29 is 19.5 Å². The minimum atomic E-state index is -0.136. The molecule has 0 bridgehead atoms. The van der Waals surface area contributed by atoms with Crippen LogP contribution in [0.4, 0.5) is 5.82 Å². The quantitative estimate of drug-likeness (QED) is 0.469. The van der Waals surface area contributed by atoms with Crippen molar-refractivity contribution in [3.05, 3.63) is 5.21 Å². The van der Waals surface area contributed by atoms with Crippen LogP contribution in [-0.4, -0.2) is 27.4 Å². The van der Waals surface area contributed by atoms with E-state index < -0.39 is 0 Å². The number of anilines is 1. The molecule has 0 unspecified atom stereocenters. The Bertz CT molecular complexity index is 468. The molecule has 0 aliphatic rings. The molecule has 14 heavy (non-hydrogen) atoms. The Morgan fingerprint density at radius 2 is 2.36 bits per heavy atom. The number of ether oxygens (including phenoxy) is 1. The average Bonchev–Trinajstić information content (AvgIpc) is 2.59. The van der Waals surface area contributed by atoms with Crippen molar-refractivity contribution in [1.82, 2.24) is 15.1 Å². The highest BCUT2D eigenvalue weighted by molar-refractivity contribution is 5.78. The molecule has 2 heterocycles. The molecule has 9 nitrogen and oxygen atoms in total. The molecule has 0 aliphatic carbocycles. The smallest absolute Gasteiger partial charge is 0.349 e. The van der Waals surface area contributed by atoms with Crippen LogP contribution < -0.4 is 15.1 Å². The first-order chi connectivity index (χ1) is 6.76. The predicted octanol–water partition coefficient (Wildman–Crippen LogP) is -0.939. The van der Waals surface area contributed by atoms with E-state index in [0.29, 0.717) is 0 Å². The van der Waals surface area contributed by atoms with Crippen LogP contribution in [0.5, 0.6) is 6.01 Å². The molecule has 0 aromatic carbocycles. The summed E-state index contributed by atoms with van der Waals surface area (Å²) < 4.78 is 8.97. The molecule has 74 valence electrons.